The van der Waals surface area contributed by atoms with Crippen molar-refractivity contribution < 1.29 is 19.1 Å². The molecule has 0 spiro atoms. The molecule has 26 heavy (non-hydrogen) atoms. The van der Waals surface area contributed by atoms with E-state index < -0.39 is 5.97 Å². The maximum Gasteiger partial charge on any atom is 0.340 e. The van der Waals surface area contributed by atoms with Gasteiger partial charge in [-0.3, -0.25) is 4.79 Å². The fraction of sp³-hybridized carbons (Fsp3) is 0.368. The van der Waals surface area contributed by atoms with E-state index in [0.717, 1.165) is 11.4 Å². The predicted molar refractivity (Wildman–Crippen MR) is 101 cm³/mol. The van der Waals surface area contributed by atoms with E-state index in [0.29, 0.717) is 17.2 Å². The topological polar surface area (TPSA) is 83.5 Å². The quantitative estimate of drug-likeness (QED) is 0.452. The Hall–Kier alpha value is -2.31. The van der Waals surface area contributed by atoms with Crippen molar-refractivity contribution in [2.24, 2.45) is 0 Å². The third-order valence-corrected chi connectivity index (χ3v) is 4.44. The number of anilines is 1. The Labute approximate surface area is 157 Å². The molecule has 2 aromatic rings. The van der Waals surface area contributed by atoms with Crippen molar-refractivity contribution in [2.45, 2.75) is 26.8 Å². The third-order valence-electron chi connectivity index (χ3n) is 4.20. The number of hydrogen-bond donors (Lipinski definition) is 1. The summed E-state index contributed by atoms with van der Waals surface area (Å²) in [5.41, 5.74) is 8.45. The number of methoxy groups -OCH3 is 1. The van der Waals surface area contributed by atoms with Gasteiger partial charge in [0, 0.05) is 34.8 Å². The van der Waals surface area contributed by atoms with Crippen molar-refractivity contribution in [1.29, 1.82) is 0 Å². The lowest BCUT2D eigenvalue weighted by Gasteiger charge is -2.17. The van der Waals surface area contributed by atoms with Crippen LogP contribution < -0.4 is 5.73 Å². The highest BCUT2D eigenvalue weighted by molar-refractivity contribution is 6.31. The van der Waals surface area contributed by atoms with Crippen LogP contribution in [0.1, 0.15) is 45.1 Å². The normalized spacial score (nSPS) is 12.0. The lowest BCUT2D eigenvalue weighted by atomic mass is 10.1. The number of ether oxygens (including phenoxy) is 2. The van der Waals surface area contributed by atoms with Gasteiger partial charge in [-0.25, -0.2) is 4.79 Å². The Morgan fingerprint density at radius 3 is 2.54 bits per heavy atom. The van der Waals surface area contributed by atoms with Gasteiger partial charge >= 0.3 is 5.97 Å². The zero-order valence-corrected chi connectivity index (χ0v) is 16.1. The minimum absolute atomic E-state index is 0.0953. The van der Waals surface area contributed by atoms with Gasteiger partial charge in [0.2, 0.25) is 5.78 Å². The van der Waals surface area contributed by atoms with Crippen LogP contribution in [-0.4, -0.2) is 36.6 Å². The molecule has 0 aliphatic heterocycles. The Morgan fingerprint density at radius 2 is 1.92 bits per heavy atom. The van der Waals surface area contributed by atoms with Crippen LogP contribution in [0.5, 0.6) is 0 Å². The number of rotatable bonds is 7. The van der Waals surface area contributed by atoms with Crippen molar-refractivity contribution in [3.63, 3.8) is 0 Å². The Morgan fingerprint density at radius 1 is 1.23 bits per heavy atom. The molecule has 1 heterocycles. The first kappa shape index (κ1) is 20.0. The summed E-state index contributed by atoms with van der Waals surface area (Å²) < 4.78 is 12.4. The fourth-order valence-corrected chi connectivity index (χ4v) is 3.24. The molecule has 7 heteroatoms. The number of hydrogen-bond acceptors (Lipinski definition) is 5. The van der Waals surface area contributed by atoms with Gasteiger partial charge in [0.15, 0.2) is 6.61 Å². The van der Waals surface area contributed by atoms with Crippen molar-refractivity contribution in [3.05, 3.63) is 51.8 Å². The van der Waals surface area contributed by atoms with E-state index in [-0.39, 0.29) is 29.7 Å². The zero-order chi connectivity index (χ0) is 19.4. The van der Waals surface area contributed by atoms with E-state index in [2.05, 4.69) is 0 Å². The molecule has 0 saturated heterocycles. The number of halogens is 1. The van der Waals surface area contributed by atoms with E-state index in [1.807, 2.05) is 25.3 Å². The van der Waals surface area contributed by atoms with Gasteiger partial charge in [0.25, 0.3) is 0 Å². The highest BCUT2D eigenvalue weighted by atomic mass is 35.5. The molecule has 2 rings (SSSR count). The Kier molecular flexibility index (Phi) is 6.45. The number of carbonyl (C=O) groups is 2. The number of nitrogens with zero attached hydrogens (tertiary/aromatic N) is 1. The van der Waals surface area contributed by atoms with E-state index >= 15 is 0 Å². The van der Waals surface area contributed by atoms with Crippen molar-refractivity contribution in [2.75, 3.05) is 26.1 Å². The number of nitrogen functional groups attached to an aromatic ring is 1. The molecule has 0 fully saturated rings. The summed E-state index contributed by atoms with van der Waals surface area (Å²) >= 11 is 5.81. The van der Waals surface area contributed by atoms with Crippen LogP contribution in [0.4, 0.5) is 5.69 Å². The first-order valence-corrected chi connectivity index (χ1v) is 8.56. The number of esters is 1. The highest BCUT2D eigenvalue weighted by Crippen LogP contribution is 2.22. The molecule has 0 radical (unpaired) electrons. The molecule has 1 aromatic carbocycles. The Bertz CT molecular complexity index is 829. The van der Waals surface area contributed by atoms with Gasteiger partial charge in [0.1, 0.15) is 0 Å². The SMILES string of the molecule is COC[C@@H](C)n1c(C)cc(C(=O)COC(=O)c2ccc(Cl)cc2N)c1C. The van der Waals surface area contributed by atoms with Crippen LogP contribution in [0.2, 0.25) is 5.02 Å². The van der Waals surface area contributed by atoms with E-state index in [9.17, 15) is 9.59 Å². The van der Waals surface area contributed by atoms with E-state index in [1.54, 1.807) is 19.2 Å². The molecule has 0 bridgehead atoms. The maximum atomic E-state index is 12.5. The average molecular weight is 379 g/mol. The lowest BCUT2D eigenvalue weighted by molar-refractivity contribution is 0.0475. The monoisotopic (exact) mass is 378 g/mol. The molecule has 0 aliphatic carbocycles. The van der Waals surface area contributed by atoms with Crippen molar-refractivity contribution in [3.8, 4) is 0 Å². The molecule has 2 N–H and O–H groups in total. The van der Waals surface area contributed by atoms with Crippen LogP contribution in [0, 0.1) is 13.8 Å². The van der Waals surface area contributed by atoms with Crippen molar-refractivity contribution in [1.82, 2.24) is 4.57 Å². The van der Waals surface area contributed by atoms with Crippen LogP contribution in [0.25, 0.3) is 0 Å². The highest BCUT2D eigenvalue weighted by Gasteiger charge is 2.20. The van der Waals surface area contributed by atoms with Crippen LogP contribution in [0.3, 0.4) is 0 Å². The number of benzene rings is 1. The van der Waals surface area contributed by atoms with Gasteiger partial charge in [-0.05, 0) is 45.0 Å². The largest absolute Gasteiger partial charge is 0.454 e. The molecular weight excluding hydrogens is 356 g/mol. The predicted octanol–water partition coefficient (Wildman–Crippen LogP) is 3.59. The molecule has 0 aliphatic rings. The number of aryl methyl sites for hydroxylation is 1. The molecule has 1 aromatic heterocycles. The average Bonchev–Trinajstić information content (AvgIpc) is 2.87. The van der Waals surface area contributed by atoms with Gasteiger partial charge in [0.05, 0.1) is 18.2 Å². The maximum absolute atomic E-state index is 12.5. The lowest BCUT2D eigenvalue weighted by Crippen LogP contribution is -2.17. The molecule has 140 valence electrons. The molecule has 1 atom stereocenters. The molecule has 0 amide bonds. The van der Waals surface area contributed by atoms with Gasteiger partial charge in [-0.2, -0.15) is 0 Å². The number of aromatic nitrogens is 1. The summed E-state index contributed by atoms with van der Waals surface area (Å²) in [4.78, 5) is 24.7. The van der Waals surface area contributed by atoms with E-state index in [1.165, 1.54) is 12.1 Å². The van der Waals surface area contributed by atoms with Gasteiger partial charge < -0.3 is 19.8 Å². The second-order valence-corrected chi connectivity index (χ2v) is 6.63. The summed E-state index contributed by atoms with van der Waals surface area (Å²) in [5.74, 6) is -0.927. The Balaban J connectivity index is 2.11. The number of nitrogens with two attached hydrogens (primary N) is 1. The number of ketones is 1. The minimum Gasteiger partial charge on any atom is -0.454 e. The molecular formula is C19H23ClN2O4. The summed E-state index contributed by atoms with van der Waals surface area (Å²) in [7, 11) is 1.64. The molecule has 0 unspecified atom stereocenters. The fourth-order valence-electron chi connectivity index (χ4n) is 3.06. The third kappa shape index (κ3) is 4.26. The van der Waals surface area contributed by atoms with Crippen molar-refractivity contribution >= 4 is 29.0 Å². The van der Waals surface area contributed by atoms with Gasteiger partial charge in [-0.15, -0.1) is 0 Å². The van der Waals surface area contributed by atoms with Crippen LogP contribution >= 0.6 is 11.6 Å². The zero-order valence-electron chi connectivity index (χ0n) is 15.3. The van der Waals surface area contributed by atoms with Crippen LogP contribution in [0.15, 0.2) is 24.3 Å². The van der Waals surface area contributed by atoms with Crippen LogP contribution in [-0.2, 0) is 9.47 Å². The van der Waals surface area contributed by atoms with E-state index in [4.69, 9.17) is 26.8 Å². The first-order valence-electron chi connectivity index (χ1n) is 8.19. The van der Waals surface area contributed by atoms with Gasteiger partial charge in [-0.1, -0.05) is 11.6 Å². The number of Topliss-reactive ketones (excluding diaryl/α,β-unsaturated/α-hetero) is 1. The summed E-state index contributed by atoms with van der Waals surface area (Å²) in [5, 5.41) is 0.424. The summed E-state index contributed by atoms with van der Waals surface area (Å²) in [6.07, 6.45) is 0. The molecule has 0 saturated carbocycles. The number of carbonyl (C=O) groups excluding carboxylic acids is 2. The summed E-state index contributed by atoms with van der Waals surface area (Å²) in [6.45, 7) is 5.99. The summed E-state index contributed by atoms with van der Waals surface area (Å²) in [6, 6.07) is 6.38. The second kappa shape index (κ2) is 8.38. The smallest absolute Gasteiger partial charge is 0.340 e. The second-order valence-electron chi connectivity index (χ2n) is 6.19. The first-order chi connectivity index (χ1) is 12.3. The molecule has 6 nitrogen and oxygen atoms in total. The standard InChI is InChI=1S/C19H23ClN2O4/c1-11-7-16(13(3)22(11)12(2)9-25-4)18(23)10-26-19(24)15-6-5-14(20)8-17(15)21/h5-8,12H,9-10,21H2,1-4H3/t12-/m1/s1. The minimum atomic E-state index is -0.658.